The molecule has 0 spiro atoms. The number of phenolic OH excluding ortho intramolecular Hbond substituents is 1. The first-order valence-corrected chi connectivity index (χ1v) is 9.63. The topological polar surface area (TPSA) is 94.1 Å². The Morgan fingerprint density at radius 3 is 2.12 bits per heavy atom. The summed E-state index contributed by atoms with van der Waals surface area (Å²) in [6, 6.07) is 4.71. The van der Waals surface area contributed by atoms with E-state index in [1.165, 1.54) is 27.4 Å². The molecule has 0 atom stereocenters. The van der Waals surface area contributed by atoms with Crippen LogP contribution in [-0.2, 0) is 10.0 Å². The molecule has 0 aliphatic rings. The van der Waals surface area contributed by atoms with Crippen molar-refractivity contribution < 1.29 is 27.7 Å². The summed E-state index contributed by atoms with van der Waals surface area (Å²) < 4.78 is 42.2. The maximum absolute atomic E-state index is 11.8. The van der Waals surface area contributed by atoms with Crippen LogP contribution in [0, 0.1) is 13.8 Å². The van der Waals surface area contributed by atoms with Crippen LogP contribution in [0.5, 0.6) is 23.0 Å². The molecule has 0 amide bonds. The molecule has 2 N–H and O–H groups in total. The molecule has 0 aliphatic heterocycles. The van der Waals surface area contributed by atoms with Gasteiger partial charge in [0.25, 0.3) is 0 Å². The van der Waals surface area contributed by atoms with Crippen molar-refractivity contribution in [3.8, 4) is 34.1 Å². The van der Waals surface area contributed by atoms with Gasteiger partial charge in [0.2, 0.25) is 10.0 Å². The quantitative estimate of drug-likeness (QED) is 0.799. The number of benzene rings is 2. The highest BCUT2D eigenvalue weighted by atomic mass is 32.2. The number of nitrogens with one attached hydrogen (secondary N) is 1. The Morgan fingerprint density at radius 1 is 0.962 bits per heavy atom. The van der Waals surface area contributed by atoms with Gasteiger partial charge in [0.15, 0.2) is 0 Å². The standard InChI is InChI=1S/C18H23NO6S/c1-10-7-13(19-26(6,21)22)16(11(2)18(10)25-5)17-14(20)8-12(23-3)9-15(17)24-4/h7-9,19-20H,1-6H3. The molecule has 0 fully saturated rings. The van der Waals surface area contributed by atoms with E-state index in [0.717, 1.165) is 11.8 Å². The van der Waals surface area contributed by atoms with Crippen LogP contribution < -0.4 is 18.9 Å². The van der Waals surface area contributed by atoms with Gasteiger partial charge in [-0.05, 0) is 25.5 Å². The molecule has 2 aromatic carbocycles. The third-order valence-corrected chi connectivity index (χ3v) is 4.55. The number of hydrogen-bond donors (Lipinski definition) is 2. The molecular weight excluding hydrogens is 358 g/mol. The molecule has 0 saturated heterocycles. The first-order chi connectivity index (χ1) is 12.1. The Labute approximate surface area is 153 Å². The van der Waals surface area contributed by atoms with Crippen molar-refractivity contribution in [1.82, 2.24) is 0 Å². The van der Waals surface area contributed by atoms with Crippen molar-refractivity contribution in [2.24, 2.45) is 0 Å². The second-order valence-corrected chi connectivity index (χ2v) is 7.62. The van der Waals surface area contributed by atoms with E-state index < -0.39 is 10.0 Å². The molecule has 2 aromatic rings. The third kappa shape index (κ3) is 3.80. The molecule has 0 radical (unpaired) electrons. The molecule has 0 unspecified atom stereocenters. The van der Waals surface area contributed by atoms with Crippen LogP contribution in [0.3, 0.4) is 0 Å². The number of hydrogen-bond acceptors (Lipinski definition) is 6. The van der Waals surface area contributed by atoms with Gasteiger partial charge < -0.3 is 19.3 Å². The van der Waals surface area contributed by atoms with Crippen LogP contribution in [0.25, 0.3) is 11.1 Å². The first-order valence-electron chi connectivity index (χ1n) is 7.74. The Morgan fingerprint density at radius 2 is 1.62 bits per heavy atom. The zero-order valence-corrected chi connectivity index (χ0v) is 16.4. The SMILES string of the molecule is COc1cc(O)c(-c2c(NS(C)(=O)=O)cc(C)c(OC)c2C)c(OC)c1. The van der Waals surface area contributed by atoms with E-state index in [0.29, 0.717) is 39.6 Å². The van der Waals surface area contributed by atoms with Crippen LogP contribution >= 0.6 is 0 Å². The summed E-state index contributed by atoms with van der Waals surface area (Å²) in [6.45, 7) is 3.60. The maximum atomic E-state index is 11.8. The maximum Gasteiger partial charge on any atom is 0.229 e. The second-order valence-electron chi connectivity index (χ2n) is 5.87. The summed E-state index contributed by atoms with van der Waals surface area (Å²) >= 11 is 0. The summed E-state index contributed by atoms with van der Waals surface area (Å²) in [4.78, 5) is 0. The van der Waals surface area contributed by atoms with Crippen molar-refractivity contribution in [3.05, 3.63) is 29.3 Å². The molecule has 0 aliphatic carbocycles. The molecule has 0 bridgehead atoms. The molecule has 142 valence electrons. The highest BCUT2D eigenvalue weighted by Crippen LogP contribution is 2.48. The van der Waals surface area contributed by atoms with E-state index in [2.05, 4.69) is 4.72 Å². The van der Waals surface area contributed by atoms with Crippen molar-refractivity contribution in [1.29, 1.82) is 0 Å². The lowest BCUT2D eigenvalue weighted by Gasteiger charge is -2.21. The van der Waals surface area contributed by atoms with Gasteiger partial charge in [0.1, 0.15) is 23.0 Å². The summed E-state index contributed by atoms with van der Waals surface area (Å²) in [5.41, 5.74) is 2.55. The number of rotatable bonds is 6. The number of methoxy groups -OCH3 is 3. The zero-order chi connectivity index (χ0) is 19.6. The highest BCUT2D eigenvalue weighted by molar-refractivity contribution is 7.92. The van der Waals surface area contributed by atoms with Gasteiger partial charge in [-0.3, -0.25) is 4.72 Å². The smallest absolute Gasteiger partial charge is 0.229 e. The summed E-state index contributed by atoms with van der Waals surface area (Å²) in [7, 11) is 0.929. The van der Waals surface area contributed by atoms with Crippen molar-refractivity contribution in [3.63, 3.8) is 0 Å². The molecule has 26 heavy (non-hydrogen) atoms. The lowest BCUT2D eigenvalue weighted by Crippen LogP contribution is -2.12. The molecule has 7 nitrogen and oxygen atoms in total. The summed E-state index contributed by atoms with van der Waals surface area (Å²) in [6.07, 6.45) is 1.07. The van der Waals surface area contributed by atoms with Crippen LogP contribution in [0.4, 0.5) is 5.69 Å². The third-order valence-electron chi connectivity index (χ3n) is 3.96. The number of sulfonamides is 1. The second kappa shape index (κ2) is 7.33. The monoisotopic (exact) mass is 381 g/mol. The predicted molar refractivity (Wildman–Crippen MR) is 101 cm³/mol. The first kappa shape index (κ1) is 19.7. The van der Waals surface area contributed by atoms with Crippen molar-refractivity contribution in [2.75, 3.05) is 32.3 Å². The van der Waals surface area contributed by atoms with Gasteiger partial charge >= 0.3 is 0 Å². The normalized spacial score (nSPS) is 11.2. The minimum absolute atomic E-state index is 0.105. The average molecular weight is 381 g/mol. The Balaban J connectivity index is 2.92. The van der Waals surface area contributed by atoms with Crippen molar-refractivity contribution in [2.45, 2.75) is 13.8 Å². The minimum atomic E-state index is -3.54. The Hall–Kier alpha value is -2.61. The average Bonchev–Trinajstić information content (AvgIpc) is 2.54. The van der Waals surface area contributed by atoms with Gasteiger partial charge in [-0.25, -0.2) is 8.42 Å². The fourth-order valence-electron chi connectivity index (χ4n) is 2.99. The van der Waals surface area contributed by atoms with Gasteiger partial charge in [-0.1, -0.05) is 0 Å². The lowest BCUT2D eigenvalue weighted by atomic mass is 9.94. The van der Waals surface area contributed by atoms with E-state index in [9.17, 15) is 13.5 Å². The van der Waals surface area contributed by atoms with E-state index in [-0.39, 0.29) is 5.75 Å². The fourth-order valence-corrected chi connectivity index (χ4v) is 3.55. The van der Waals surface area contributed by atoms with Crippen LogP contribution in [0.15, 0.2) is 18.2 Å². The zero-order valence-electron chi connectivity index (χ0n) is 15.6. The Bertz CT molecular complexity index is 937. The molecule has 8 heteroatoms. The van der Waals surface area contributed by atoms with Gasteiger partial charge in [0.05, 0.1) is 38.8 Å². The molecule has 2 rings (SSSR count). The number of ether oxygens (including phenoxy) is 3. The summed E-state index contributed by atoms with van der Waals surface area (Å²) in [5.74, 6) is 1.24. The van der Waals surface area contributed by atoms with Gasteiger partial charge in [-0.15, -0.1) is 0 Å². The number of anilines is 1. The van der Waals surface area contributed by atoms with Gasteiger partial charge in [-0.2, -0.15) is 0 Å². The van der Waals surface area contributed by atoms with E-state index in [1.807, 2.05) is 6.92 Å². The van der Waals surface area contributed by atoms with Crippen molar-refractivity contribution >= 4 is 15.7 Å². The van der Waals surface area contributed by atoms with E-state index >= 15 is 0 Å². The molecule has 0 aromatic heterocycles. The fraction of sp³-hybridized carbons (Fsp3) is 0.333. The number of phenols is 1. The van der Waals surface area contributed by atoms with Gasteiger partial charge in [0, 0.05) is 23.3 Å². The minimum Gasteiger partial charge on any atom is -0.507 e. The lowest BCUT2D eigenvalue weighted by molar-refractivity contribution is 0.386. The highest BCUT2D eigenvalue weighted by Gasteiger charge is 2.23. The molecule has 0 heterocycles. The van der Waals surface area contributed by atoms with Crippen LogP contribution in [0.2, 0.25) is 0 Å². The predicted octanol–water partition coefficient (Wildman–Crippen LogP) is 3.07. The van der Waals surface area contributed by atoms with E-state index in [1.54, 1.807) is 19.1 Å². The molecule has 0 saturated carbocycles. The largest absolute Gasteiger partial charge is 0.507 e. The number of aryl methyl sites for hydroxylation is 1. The summed E-state index contributed by atoms with van der Waals surface area (Å²) in [5, 5.41) is 10.6. The van der Waals surface area contributed by atoms with Crippen LogP contribution in [-0.4, -0.2) is 41.1 Å². The molecular formula is C18H23NO6S. The Kier molecular flexibility index (Phi) is 5.56. The van der Waals surface area contributed by atoms with Crippen LogP contribution in [0.1, 0.15) is 11.1 Å². The van der Waals surface area contributed by atoms with E-state index in [4.69, 9.17) is 14.2 Å². The number of aromatic hydroxyl groups is 1.